The zero-order valence-corrected chi connectivity index (χ0v) is 9.82. The third kappa shape index (κ3) is 1.27. The molecular weight excluding hydrogens is 198 g/mol. The molecule has 0 amide bonds. The van der Waals surface area contributed by atoms with E-state index in [0.717, 1.165) is 12.3 Å². The maximum atomic E-state index is 4.83. The van der Waals surface area contributed by atoms with Gasteiger partial charge in [-0.15, -0.1) is 0 Å². The first-order chi connectivity index (χ1) is 7.81. The van der Waals surface area contributed by atoms with Crippen molar-refractivity contribution >= 4 is 0 Å². The molecule has 0 spiro atoms. The highest BCUT2D eigenvalue weighted by molar-refractivity contribution is 5.28. The van der Waals surface area contributed by atoms with Gasteiger partial charge in [-0.05, 0) is 38.5 Å². The SMILES string of the molecule is C[C@@H](C1CC1)n1cc2c(n1)C[C@@H]1CC[C@@H]2N1. The third-order valence-corrected chi connectivity index (χ3v) is 4.62. The number of hydrogen-bond acceptors (Lipinski definition) is 2. The number of rotatable bonds is 2. The molecule has 16 heavy (non-hydrogen) atoms. The van der Waals surface area contributed by atoms with E-state index in [-0.39, 0.29) is 0 Å². The number of hydrogen-bond donors (Lipinski definition) is 1. The van der Waals surface area contributed by atoms with Crippen molar-refractivity contribution in [2.45, 2.75) is 57.2 Å². The number of nitrogens with zero attached hydrogens (tertiary/aromatic N) is 2. The molecule has 86 valence electrons. The zero-order valence-electron chi connectivity index (χ0n) is 9.82. The summed E-state index contributed by atoms with van der Waals surface area (Å²) in [5.41, 5.74) is 2.86. The monoisotopic (exact) mass is 217 g/mol. The molecule has 2 fully saturated rings. The van der Waals surface area contributed by atoms with Gasteiger partial charge in [0.25, 0.3) is 0 Å². The molecule has 3 nitrogen and oxygen atoms in total. The predicted octanol–water partition coefficient (Wildman–Crippen LogP) is 2.20. The molecule has 3 atom stereocenters. The fourth-order valence-electron chi connectivity index (χ4n) is 3.35. The minimum Gasteiger partial charge on any atom is -0.307 e. The highest BCUT2D eigenvalue weighted by atomic mass is 15.3. The average molecular weight is 217 g/mol. The molecule has 3 heterocycles. The van der Waals surface area contributed by atoms with Crippen molar-refractivity contribution in [3.63, 3.8) is 0 Å². The summed E-state index contributed by atoms with van der Waals surface area (Å²) >= 11 is 0. The second-order valence-corrected chi connectivity index (χ2v) is 5.79. The zero-order chi connectivity index (χ0) is 10.7. The second kappa shape index (κ2) is 3.10. The lowest BCUT2D eigenvalue weighted by Gasteiger charge is -2.19. The Balaban J connectivity index is 1.69. The Morgan fingerprint density at radius 1 is 1.38 bits per heavy atom. The average Bonchev–Trinajstić information content (AvgIpc) is 2.93. The van der Waals surface area contributed by atoms with E-state index in [1.807, 2.05) is 0 Å². The summed E-state index contributed by atoms with van der Waals surface area (Å²) in [4.78, 5) is 0. The van der Waals surface area contributed by atoms with E-state index in [1.54, 1.807) is 0 Å². The number of fused-ring (bicyclic) bond motifs is 4. The molecule has 1 aliphatic carbocycles. The van der Waals surface area contributed by atoms with Crippen LogP contribution < -0.4 is 5.32 Å². The van der Waals surface area contributed by atoms with Crippen LogP contribution in [0.5, 0.6) is 0 Å². The maximum Gasteiger partial charge on any atom is 0.0688 e. The van der Waals surface area contributed by atoms with Crippen LogP contribution in [0.25, 0.3) is 0 Å². The van der Waals surface area contributed by atoms with Crippen molar-refractivity contribution in [1.29, 1.82) is 0 Å². The first-order valence-corrected chi connectivity index (χ1v) is 6.65. The summed E-state index contributed by atoms with van der Waals surface area (Å²) in [5, 5.41) is 8.52. The van der Waals surface area contributed by atoms with E-state index in [2.05, 4.69) is 23.1 Å². The van der Waals surface area contributed by atoms with Crippen LogP contribution in [0.15, 0.2) is 6.20 Å². The summed E-state index contributed by atoms with van der Waals surface area (Å²) in [6.07, 6.45) is 8.90. The molecular formula is C13H19N3. The predicted molar refractivity (Wildman–Crippen MR) is 62.3 cm³/mol. The molecule has 4 rings (SSSR count). The summed E-state index contributed by atoms with van der Waals surface area (Å²) in [6.45, 7) is 2.32. The van der Waals surface area contributed by atoms with Gasteiger partial charge in [0, 0.05) is 30.3 Å². The highest BCUT2D eigenvalue weighted by Crippen LogP contribution is 2.41. The van der Waals surface area contributed by atoms with Crippen molar-refractivity contribution in [2.24, 2.45) is 5.92 Å². The second-order valence-electron chi connectivity index (χ2n) is 5.79. The molecule has 2 bridgehead atoms. The summed E-state index contributed by atoms with van der Waals surface area (Å²) in [6, 6.07) is 1.93. The van der Waals surface area contributed by atoms with E-state index in [0.29, 0.717) is 18.1 Å². The van der Waals surface area contributed by atoms with Crippen molar-refractivity contribution in [1.82, 2.24) is 15.1 Å². The third-order valence-electron chi connectivity index (χ3n) is 4.62. The first-order valence-electron chi connectivity index (χ1n) is 6.65. The molecule has 1 aromatic heterocycles. The first kappa shape index (κ1) is 9.23. The lowest BCUT2D eigenvalue weighted by atomic mass is 10.0. The van der Waals surface area contributed by atoms with Gasteiger partial charge >= 0.3 is 0 Å². The fraction of sp³-hybridized carbons (Fsp3) is 0.769. The summed E-state index contributed by atoms with van der Waals surface area (Å²) in [7, 11) is 0. The largest absolute Gasteiger partial charge is 0.307 e. The van der Waals surface area contributed by atoms with Gasteiger partial charge in [0.05, 0.1) is 11.7 Å². The van der Waals surface area contributed by atoms with E-state index < -0.39 is 0 Å². The van der Waals surface area contributed by atoms with Crippen molar-refractivity contribution in [3.8, 4) is 0 Å². The van der Waals surface area contributed by atoms with E-state index in [9.17, 15) is 0 Å². The number of nitrogens with one attached hydrogen (secondary N) is 1. The van der Waals surface area contributed by atoms with Gasteiger partial charge in [-0.1, -0.05) is 0 Å². The van der Waals surface area contributed by atoms with Crippen molar-refractivity contribution < 1.29 is 0 Å². The molecule has 0 radical (unpaired) electrons. The lowest BCUT2D eigenvalue weighted by molar-refractivity contribution is 0.434. The van der Waals surface area contributed by atoms with Gasteiger partial charge in [0.2, 0.25) is 0 Å². The Labute approximate surface area is 96.2 Å². The number of aromatic nitrogens is 2. The van der Waals surface area contributed by atoms with Crippen molar-refractivity contribution in [3.05, 3.63) is 17.5 Å². The van der Waals surface area contributed by atoms with Gasteiger partial charge < -0.3 is 5.32 Å². The molecule has 3 aliphatic rings. The Hall–Kier alpha value is -0.830. The quantitative estimate of drug-likeness (QED) is 0.823. The van der Waals surface area contributed by atoms with Crippen LogP contribution in [0.2, 0.25) is 0 Å². The van der Waals surface area contributed by atoms with Crippen LogP contribution in [0.1, 0.15) is 55.9 Å². The van der Waals surface area contributed by atoms with E-state index in [1.165, 1.54) is 36.9 Å². The van der Waals surface area contributed by atoms with Crippen LogP contribution in [-0.4, -0.2) is 15.8 Å². The molecule has 1 saturated carbocycles. The lowest BCUT2D eigenvalue weighted by Crippen LogP contribution is -2.31. The topological polar surface area (TPSA) is 29.9 Å². The van der Waals surface area contributed by atoms with E-state index in [4.69, 9.17) is 5.10 Å². The highest BCUT2D eigenvalue weighted by Gasteiger charge is 2.36. The van der Waals surface area contributed by atoms with Crippen LogP contribution >= 0.6 is 0 Å². The normalized spacial score (nSPS) is 33.8. The van der Waals surface area contributed by atoms with Crippen LogP contribution in [-0.2, 0) is 6.42 Å². The molecule has 3 heteroatoms. The molecule has 2 aliphatic heterocycles. The summed E-state index contributed by atoms with van der Waals surface area (Å²) < 4.78 is 2.24. The molecule has 0 unspecified atom stereocenters. The van der Waals surface area contributed by atoms with Gasteiger partial charge in [0.1, 0.15) is 0 Å². The maximum absolute atomic E-state index is 4.83. The minimum atomic E-state index is 0.605. The van der Waals surface area contributed by atoms with Gasteiger partial charge in [-0.25, -0.2) is 0 Å². The molecule has 1 N–H and O–H groups in total. The van der Waals surface area contributed by atoms with Crippen molar-refractivity contribution in [2.75, 3.05) is 0 Å². The molecule has 1 saturated heterocycles. The molecule has 0 aromatic carbocycles. The minimum absolute atomic E-state index is 0.605. The molecule has 1 aromatic rings. The van der Waals surface area contributed by atoms with Crippen LogP contribution in [0.3, 0.4) is 0 Å². The van der Waals surface area contributed by atoms with Crippen LogP contribution in [0, 0.1) is 5.92 Å². The van der Waals surface area contributed by atoms with E-state index >= 15 is 0 Å². The van der Waals surface area contributed by atoms with Gasteiger partial charge in [0.15, 0.2) is 0 Å². The smallest absolute Gasteiger partial charge is 0.0688 e. The fourth-order valence-corrected chi connectivity index (χ4v) is 3.35. The Bertz CT molecular complexity index is 419. The Kier molecular flexibility index (Phi) is 1.79. The Morgan fingerprint density at radius 3 is 3.06 bits per heavy atom. The summed E-state index contributed by atoms with van der Waals surface area (Å²) in [5.74, 6) is 0.895. The van der Waals surface area contributed by atoms with Gasteiger partial charge in [-0.2, -0.15) is 5.10 Å². The Morgan fingerprint density at radius 2 is 2.25 bits per heavy atom. The van der Waals surface area contributed by atoms with Crippen LogP contribution in [0.4, 0.5) is 0 Å². The van der Waals surface area contributed by atoms with Gasteiger partial charge in [-0.3, -0.25) is 4.68 Å². The standard InChI is InChI=1S/C13H19N3/c1-8(9-2-3-9)16-7-11-12-5-4-10(14-12)6-13(11)15-16/h7-10,12,14H,2-6H2,1H3/t8-,10-,12-/m0/s1.